The van der Waals surface area contributed by atoms with Crippen molar-refractivity contribution in [2.45, 2.75) is 68.2 Å². The number of fused-ring (bicyclic) bond motifs is 2. The summed E-state index contributed by atoms with van der Waals surface area (Å²) in [6, 6.07) is 15.7. The molecule has 0 saturated carbocycles. The van der Waals surface area contributed by atoms with E-state index in [2.05, 4.69) is 51.5 Å². The largest absolute Gasteiger partial charge is 0.441 e. The molecule has 0 spiro atoms. The lowest BCUT2D eigenvalue weighted by molar-refractivity contribution is 0.362. The molecule has 0 amide bonds. The molecular formula is C25H36N2O2. The Kier molecular flexibility index (Phi) is 7.79. The molecule has 29 heavy (non-hydrogen) atoms. The molecule has 2 heterocycles. The van der Waals surface area contributed by atoms with E-state index >= 15 is 0 Å². The van der Waals surface area contributed by atoms with Crippen molar-refractivity contribution < 1.29 is 8.83 Å². The van der Waals surface area contributed by atoms with Crippen LogP contribution in [0.25, 0.3) is 22.2 Å². The first-order valence-corrected chi connectivity index (χ1v) is 9.32. The second-order valence-electron chi connectivity index (χ2n) is 9.05. The van der Waals surface area contributed by atoms with Crippen LogP contribution in [0.5, 0.6) is 0 Å². The number of para-hydroxylation sites is 4. The van der Waals surface area contributed by atoms with Crippen LogP contribution in [0.3, 0.4) is 0 Å². The van der Waals surface area contributed by atoms with Gasteiger partial charge in [-0.1, -0.05) is 80.7 Å². The van der Waals surface area contributed by atoms with Crippen molar-refractivity contribution in [3.63, 3.8) is 0 Å². The molecule has 0 aliphatic carbocycles. The SMILES string of the molecule is C.C.CC(C)(C)Cc1nc2ccccc2o1.CC(C)(C)c1nc2ccccc2o1. The average molecular weight is 397 g/mol. The monoisotopic (exact) mass is 396 g/mol. The molecule has 2 aromatic heterocycles. The molecule has 4 heteroatoms. The Labute approximate surface area is 175 Å². The van der Waals surface area contributed by atoms with Gasteiger partial charge in [-0.15, -0.1) is 0 Å². The van der Waals surface area contributed by atoms with Gasteiger partial charge in [0.05, 0.1) is 0 Å². The molecule has 0 aliphatic heterocycles. The molecule has 4 aromatic rings. The predicted octanol–water partition coefficient (Wildman–Crippen LogP) is 7.81. The zero-order chi connectivity index (χ0) is 19.7. The topological polar surface area (TPSA) is 52.1 Å². The van der Waals surface area contributed by atoms with Gasteiger partial charge >= 0.3 is 0 Å². The summed E-state index contributed by atoms with van der Waals surface area (Å²) in [6.45, 7) is 12.8. The summed E-state index contributed by atoms with van der Waals surface area (Å²) in [5.74, 6) is 1.63. The summed E-state index contributed by atoms with van der Waals surface area (Å²) in [6.07, 6.45) is 0.877. The molecule has 0 radical (unpaired) electrons. The Morgan fingerprint density at radius 2 is 1.17 bits per heavy atom. The van der Waals surface area contributed by atoms with Gasteiger partial charge in [0, 0.05) is 11.8 Å². The molecule has 4 nitrogen and oxygen atoms in total. The van der Waals surface area contributed by atoms with Crippen molar-refractivity contribution in [3.05, 3.63) is 60.3 Å². The molecule has 0 atom stereocenters. The number of hydrogen-bond donors (Lipinski definition) is 0. The highest BCUT2D eigenvalue weighted by Crippen LogP contribution is 2.25. The third kappa shape index (κ3) is 6.45. The highest BCUT2D eigenvalue weighted by atomic mass is 16.4. The van der Waals surface area contributed by atoms with Gasteiger partial charge in [-0.05, 0) is 29.7 Å². The van der Waals surface area contributed by atoms with Crippen LogP contribution in [-0.2, 0) is 11.8 Å². The molecule has 0 N–H and O–H groups in total. The number of hydrogen-bond acceptors (Lipinski definition) is 4. The normalized spacial score (nSPS) is 11.4. The van der Waals surface area contributed by atoms with E-state index < -0.39 is 0 Å². The van der Waals surface area contributed by atoms with E-state index in [0.717, 1.165) is 40.4 Å². The van der Waals surface area contributed by atoms with Crippen molar-refractivity contribution in [1.82, 2.24) is 9.97 Å². The van der Waals surface area contributed by atoms with Crippen molar-refractivity contribution in [2.75, 3.05) is 0 Å². The zero-order valence-corrected chi connectivity index (χ0v) is 17.0. The quantitative estimate of drug-likeness (QED) is 0.329. The molecule has 2 aromatic carbocycles. The molecule has 0 aliphatic rings. The van der Waals surface area contributed by atoms with E-state index in [1.54, 1.807) is 0 Å². The van der Waals surface area contributed by atoms with E-state index in [4.69, 9.17) is 8.83 Å². The smallest absolute Gasteiger partial charge is 0.200 e. The Morgan fingerprint density at radius 3 is 1.62 bits per heavy atom. The Morgan fingerprint density at radius 1 is 0.690 bits per heavy atom. The first-order valence-electron chi connectivity index (χ1n) is 9.32. The van der Waals surface area contributed by atoms with Crippen molar-refractivity contribution in [1.29, 1.82) is 0 Å². The van der Waals surface area contributed by atoms with E-state index in [9.17, 15) is 0 Å². The highest BCUT2D eigenvalue weighted by Gasteiger charge is 2.20. The maximum Gasteiger partial charge on any atom is 0.200 e. The van der Waals surface area contributed by atoms with E-state index in [1.807, 2.05) is 48.5 Å². The van der Waals surface area contributed by atoms with Crippen molar-refractivity contribution in [3.8, 4) is 0 Å². The Bertz CT molecular complexity index is 964. The number of nitrogens with zero attached hydrogens (tertiary/aromatic N) is 2. The zero-order valence-electron chi connectivity index (χ0n) is 17.0. The summed E-state index contributed by atoms with van der Waals surface area (Å²) in [5.41, 5.74) is 3.85. The van der Waals surface area contributed by atoms with Gasteiger partial charge in [0.2, 0.25) is 5.89 Å². The number of benzene rings is 2. The van der Waals surface area contributed by atoms with E-state index in [1.165, 1.54) is 0 Å². The van der Waals surface area contributed by atoms with Gasteiger partial charge in [0.25, 0.3) is 0 Å². The van der Waals surface area contributed by atoms with Crippen LogP contribution >= 0.6 is 0 Å². The van der Waals surface area contributed by atoms with E-state index in [-0.39, 0.29) is 25.7 Å². The summed E-state index contributed by atoms with van der Waals surface area (Å²) >= 11 is 0. The minimum absolute atomic E-state index is 0. The van der Waals surface area contributed by atoms with Crippen LogP contribution in [0.15, 0.2) is 57.4 Å². The molecule has 0 bridgehead atoms. The van der Waals surface area contributed by atoms with Gasteiger partial charge in [0.1, 0.15) is 11.0 Å². The van der Waals surface area contributed by atoms with Crippen LogP contribution in [0.2, 0.25) is 0 Å². The molecule has 4 rings (SSSR count). The second kappa shape index (κ2) is 9.25. The average Bonchev–Trinajstić information content (AvgIpc) is 3.16. The van der Waals surface area contributed by atoms with Crippen LogP contribution in [0.1, 0.15) is 68.2 Å². The summed E-state index contributed by atoms with van der Waals surface area (Å²) in [4.78, 5) is 8.85. The third-order valence-corrected chi connectivity index (χ3v) is 3.96. The second-order valence-corrected chi connectivity index (χ2v) is 9.05. The number of rotatable bonds is 1. The van der Waals surface area contributed by atoms with Gasteiger partial charge in [-0.3, -0.25) is 0 Å². The molecule has 158 valence electrons. The van der Waals surface area contributed by atoms with Crippen molar-refractivity contribution in [2.24, 2.45) is 5.41 Å². The Hall–Kier alpha value is -2.62. The van der Waals surface area contributed by atoms with Crippen LogP contribution in [0, 0.1) is 5.41 Å². The number of aromatic nitrogens is 2. The summed E-state index contributed by atoms with van der Waals surface area (Å²) < 4.78 is 11.3. The fraction of sp³-hybridized carbons (Fsp3) is 0.440. The van der Waals surface area contributed by atoms with Gasteiger partial charge in [-0.2, -0.15) is 0 Å². The predicted molar refractivity (Wildman–Crippen MR) is 123 cm³/mol. The minimum Gasteiger partial charge on any atom is -0.441 e. The van der Waals surface area contributed by atoms with Gasteiger partial charge in [0.15, 0.2) is 17.1 Å². The Balaban J connectivity index is 0.000000272. The molecule has 0 unspecified atom stereocenters. The standard InChI is InChI=1S/C12H15NO.C11H13NO.2CH4/c1-12(2,3)8-11-13-9-6-4-5-7-10(9)14-11;1-11(2,3)10-12-8-6-4-5-7-9(8)13-10;;/h4-7H,8H2,1-3H3;4-7H,1-3H3;2*1H4. The lowest BCUT2D eigenvalue weighted by Gasteiger charge is -2.14. The minimum atomic E-state index is -0.0149. The first kappa shape index (κ1) is 24.4. The summed E-state index contributed by atoms with van der Waals surface area (Å²) in [5, 5.41) is 0. The third-order valence-electron chi connectivity index (χ3n) is 3.96. The van der Waals surface area contributed by atoms with Crippen LogP contribution in [0.4, 0.5) is 0 Å². The highest BCUT2D eigenvalue weighted by molar-refractivity contribution is 5.72. The molecule has 0 fully saturated rings. The maximum absolute atomic E-state index is 5.63. The maximum atomic E-state index is 5.63. The lowest BCUT2D eigenvalue weighted by atomic mass is 9.92. The van der Waals surface area contributed by atoms with Crippen molar-refractivity contribution >= 4 is 22.2 Å². The van der Waals surface area contributed by atoms with E-state index in [0.29, 0.717) is 0 Å². The number of oxazole rings is 2. The fourth-order valence-corrected chi connectivity index (χ4v) is 2.64. The first-order chi connectivity index (χ1) is 12.6. The molecule has 0 saturated heterocycles. The lowest BCUT2D eigenvalue weighted by Crippen LogP contribution is -2.10. The molecular weight excluding hydrogens is 360 g/mol. The van der Waals surface area contributed by atoms with Crippen LogP contribution < -0.4 is 0 Å². The fourth-order valence-electron chi connectivity index (χ4n) is 2.64. The van der Waals surface area contributed by atoms with Gasteiger partial charge < -0.3 is 8.83 Å². The van der Waals surface area contributed by atoms with Crippen LogP contribution in [-0.4, -0.2) is 9.97 Å². The van der Waals surface area contributed by atoms with Gasteiger partial charge in [-0.25, -0.2) is 9.97 Å². The summed E-state index contributed by atoms with van der Waals surface area (Å²) in [7, 11) is 0.